The maximum absolute atomic E-state index is 12.1. The third-order valence-corrected chi connectivity index (χ3v) is 3.24. The monoisotopic (exact) mass is 279 g/mol. The molecule has 4 heteroatoms. The maximum Gasteiger partial charge on any atom is 0.290 e. The summed E-state index contributed by atoms with van der Waals surface area (Å²) < 4.78 is 1.81. The minimum Gasteiger partial charge on any atom is -0.508 e. The van der Waals surface area contributed by atoms with E-state index in [2.05, 4.69) is 5.32 Å². The first-order valence-corrected chi connectivity index (χ1v) is 6.68. The minimum absolute atomic E-state index is 0.0909. The molecule has 0 atom stereocenters. The second-order valence-corrected chi connectivity index (χ2v) is 4.81. The summed E-state index contributed by atoms with van der Waals surface area (Å²) in [6.07, 6.45) is 3.70. The lowest BCUT2D eigenvalue weighted by atomic mass is 10.1. The van der Waals surface area contributed by atoms with Crippen LogP contribution in [0, 0.1) is 0 Å². The van der Waals surface area contributed by atoms with Crippen molar-refractivity contribution in [1.29, 1.82) is 0 Å². The summed E-state index contributed by atoms with van der Waals surface area (Å²) in [5, 5.41) is 14.2. The van der Waals surface area contributed by atoms with Crippen LogP contribution in [-0.4, -0.2) is 11.0 Å². The molecular weight excluding hydrogens is 264 g/mol. The number of rotatable bonds is 3. The first kappa shape index (κ1) is 13.1. The van der Waals surface area contributed by atoms with Crippen molar-refractivity contribution in [1.82, 2.24) is 0 Å². The van der Waals surface area contributed by atoms with Gasteiger partial charge in [-0.3, -0.25) is 4.79 Å². The van der Waals surface area contributed by atoms with E-state index in [-0.39, 0.29) is 18.2 Å². The summed E-state index contributed by atoms with van der Waals surface area (Å²) in [6.45, 7) is 0.259. The van der Waals surface area contributed by atoms with Gasteiger partial charge in [0.05, 0.1) is 0 Å². The van der Waals surface area contributed by atoms with Gasteiger partial charge < -0.3 is 10.4 Å². The zero-order valence-electron chi connectivity index (χ0n) is 11.4. The van der Waals surface area contributed by atoms with Crippen LogP contribution in [0.15, 0.2) is 67.0 Å². The molecule has 2 aromatic carbocycles. The van der Waals surface area contributed by atoms with Crippen molar-refractivity contribution < 1.29 is 14.5 Å². The van der Waals surface area contributed by atoms with E-state index in [9.17, 15) is 9.90 Å². The second-order valence-electron chi connectivity index (χ2n) is 4.81. The largest absolute Gasteiger partial charge is 0.508 e. The molecule has 0 aliphatic rings. The highest BCUT2D eigenvalue weighted by atomic mass is 16.3. The lowest BCUT2D eigenvalue weighted by Crippen LogP contribution is -2.39. The number of fused-ring (bicyclic) bond motifs is 1. The number of anilines is 1. The molecule has 104 valence electrons. The third kappa shape index (κ3) is 3.00. The minimum atomic E-state index is -0.0909. The topological polar surface area (TPSA) is 53.2 Å². The van der Waals surface area contributed by atoms with Gasteiger partial charge in [-0.25, -0.2) is 0 Å². The van der Waals surface area contributed by atoms with E-state index in [1.54, 1.807) is 18.2 Å². The Kier molecular flexibility index (Phi) is 3.51. The predicted octanol–water partition coefficient (Wildman–Crippen LogP) is 2.47. The molecule has 0 aliphatic heterocycles. The molecule has 0 aliphatic carbocycles. The molecule has 0 unspecified atom stereocenters. The van der Waals surface area contributed by atoms with Crippen LogP contribution < -0.4 is 9.88 Å². The summed E-state index contributed by atoms with van der Waals surface area (Å²) in [5.74, 6) is 0.123. The van der Waals surface area contributed by atoms with Crippen molar-refractivity contribution in [3.8, 4) is 5.75 Å². The number of hydrogen-bond acceptors (Lipinski definition) is 2. The third-order valence-electron chi connectivity index (χ3n) is 3.24. The molecule has 1 amide bonds. The average Bonchev–Trinajstić information content (AvgIpc) is 2.48. The number of benzene rings is 2. The number of amides is 1. The first-order valence-electron chi connectivity index (χ1n) is 6.68. The van der Waals surface area contributed by atoms with Crippen LogP contribution in [0.5, 0.6) is 5.75 Å². The SMILES string of the molecule is O=C(C[n+]1ccccc1)Nc1cccc2cc(O)ccc12. The molecule has 0 spiro atoms. The van der Waals surface area contributed by atoms with Gasteiger partial charge in [0, 0.05) is 23.2 Å². The molecule has 4 nitrogen and oxygen atoms in total. The van der Waals surface area contributed by atoms with Crippen LogP contribution >= 0.6 is 0 Å². The number of nitrogens with zero attached hydrogens (tertiary/aromatic N) is 1. The van der Waals surface area contributed by atoms with Crippen molar-refractivity contribution >= 4 is 22.4 Å². The number of aromatic hydroxyl groups is 1. The highest BCUT2D eigenvalue weighted by Crippen LogP contribution is 2.26. The van der Waals surface area contributed by atoms with E-state index in [4.69, 9.17) is 0 Å². The molecule has 0 fully saturated rings. The van der Waals surface area contributed by atoms with E-state index in [1.807, 2.05) is 53.4 Å². The molecule has 2 N–H and O–H groups in total. The zero-order chi connectivity index (χ0) is 14.7. The number of aromatic nitrogens is 1. The van der Waals surface area contributed by atoms with Gasteiger partial charge in [0.1, 0.15) is 5.75 Å². The van der Waals surface area contributed by atoms with Gasteiger partial charge in [-0.2, -0.15) is 4.57 Å². The average molecular weight is 279 g/mol. The lowest BCUT2D eigenvalue weighted by Gasteiger charge is -2.07. The van der Waals surface area contributed by atoms with Gasteiger partial charge >= 0.3 is 0 Å². The number of phenolic OH excluding ortho intramolecular Hbond substituents is 1. The summed E-state index contributed by atoms with van der Waals surface area (Å²) >= 11 is 0. The molecule has 0 bridgehead atoms. The summed E-state index contributed by atoms with van der Waals surface area (Å²) in [7, 11) is 0. The normalized spacial score (nSPS) is 10.5. The molecule has 21 heavy (non-hydrogen) atoms. The van der Waals surface area contributed by atoms with E-state index in [0.29, 0.717) is 0 Å². The highest BCUT2D eigenvalue weighted by Gasteiger charge is 2.10. The molecule has 0 saturated heterocycles. The van der Waals surface area contributed by atoms with Crippen LogP contribution in [-0.2, 0) is 11.3 Å². The van der Waals surface area contributed by atoms with Crippen LogP contribution in [0.3, 0.4) is 0 Å². The Bertz CT molecular complexity index is 785. The van der Waals surface area contributed by atoms with Crippen molar-refractivity contribution in [2.45, 2.75) is 6.54 Å². The van der Waals surface area contributed by atoms with E-state index in [1.165, 1.54) is 0 Å². The van der Waals surface area contributed by atoms with Gasteiger partial charge in [-0.1, -0.05) is 18.2 Å². The van der Waals surface area contributed by atoms with Gasteiger partial charge in [-0.15, -0.1) is 0 Å². The smallest absolute Gasteiger partial charge is 0.290 e. The molecular formula is C17H15N2O2+. The zero-order valence-corrected chi connectivity index (χ0v) is 11.4. The van der Waals surface area contributed by atoms with Crippen LogP contribution in [0.1, 0.15) is 0 Å². The molecule has 0 radical (unpaired) electrons. The molecule has 0 saturated carbocycles. The summed E-state index contributed by atoms with van der Waals surface area (Å²) in [4.78, 5) is 12.1. The Hall–Kier alpha value is -2.88. The Morgan fingerprint density at radius 1 is 1.05 bits per heavy atom. The standard InChI is InChI=1S/C17H14N2O2/c20-14-7-8-15-13(11-14)5-4-6-16(15)18-17(21)12-19-9-2-1-3-10-19/h1-11H,12H2,(H-,18,20,21)/p+1. The van der Waals surface area contributed by atoms with Crippen molar-refractivity contribution in [2.24, 2.45) is 0 Å². The number of carbonyl (C=O) groups excluding carboxylic acids is 1. The lowest BCUT2D eigenvalue weighted by molar-refractivity contribution is -0.684. The predicted molar refractivity (Wildman–Crippen MR) is 80.9 cm³/mol. The van der Waals surface area contributed by atoms with Crippen molar-refractivity contribution in [3.05, 3.63) is 67.0 Å². The second kappa shape index (κ2) is 5.63. The fourth-order valence-corrected chi connectivity index (χ4v) is 2.28. The number of pyridine rings is 1. The maximum atomic E-state index is 12.1. The van der Waals surface area contributed by atoms with Gasteiger partial charge in [0.2, 0.25) is 6.54 Å². The van der Waals surface area contributed by atoms with Crippen LogP contribution in [0.4, 0.5) is 5.69 Å². The van der Waals surface area contributed by atoms with Crippen LogP contribution in [0.25, 0.3) is 10.8 Å². The van der Waals surface area contributed by atoms with E-state index in [0.717, 1.165) is 16.5 Å². The fourth-order valence-electron chi connectivity index (χ4n) is 2.28. The summed E-state index contributed by atoms with van der Waals surface area (Å²) in [6, 6.07) is 16.4. The first-order chi connectivity index (χ1) is 10.2. The number of carbonyl (C=O) groups is 1. The fraction of sp³-hybridized carbons (Fsp3) is 0.0588. The Morgan fingerprint density at radius 2 is 1.86 bits per heavy atom. The summed E-state index contributed by atoms with van der Waals surface area (Å²) in [5.41, 5.74) is 0.744. The molecule has 3 aromatic rings. The molecule has 3 rings (SSSR count). The van der Waals surface area contributed by atoms with Crippen LogP contribution in [0.2, 0.25) is 0 Å². The van der Waals surface area contributed by atoms with Crippen molar-refractivity contribution in [2.75, 3.05) is 5.32 Å². The quantitative estimate of drug-likeness (QED) is 0.724. The van der Waals surface area contributed by atoms with Gasteiger partial charge in [0.25, 0.3) is 5.91 Å². The number of hydrogen-bond donors (Lipinski definition) is 2. The number of phenols is 1. The van der Waals surface area contributed by atoms with Gasteiger partial charge in [-0.05, 0) is 29.7 Å². The number of nitrogens with one attached hydrogen (secondary N) is 1. The Balaban J connectivity index is 1.83. The Morgan fingerprint density at radius 3 is 2.67 bits per heavy atom. The van der Waals surface area contributed by atoms with E-state index < -0.39 is 0 Å². The Labute approximate surface area is 122 Å². The van der Waals surface area contributed by atoms with E-state index >= 15 is 0 Å². The molecule has 1 aromatic heterocycles. The van der Waals surface area contributed by atoms with Gasteiger partial charge in [0.15, 0.2) is 12.4 Å². The molecule has 1 heterocycles. The highest BCUT2D eigenvalue weighted by molar-refractivity contribution is 6.02. The van der Waals surface area contributed by atoms with Crippen molar-refractivity contribution in [3.63, 3.8) is 0 Å².